The summed E-state index contributed by atoms with van der Waals surface area (Å²) < 4.78 is 5.32. The molecule has 98 valence electrons. The van der Waals surface area contributed by atoms with Crippen molar-refractivity contribution in [1.82, 2.24) is 4.98 Å². The predicted molar refractivity (Wildman–Crippen MR) is 68.2 cm³/mol. The highest BCUT2D eigenvalue weighted by Crippen LogP contribution is 2.21. The maximum atomic E-state index is 10.9. The van der Waals surface area contributed by atoms with E-state index < -0.39 is 5.97 Å². The van der Waals surface area contributed by atoms with E-state index in [1.54, 1.807) is 0 Å². The molecule has 0 aliphatic carbocycles. The summed E-state index contributed by atoms with van der Waals surface area (Å²) in [5, 5.41) is 12.3. The molecule has 0 spiro atoms. The first-order valence-electron chi connectivity index (χ1n) is 5.81. The number of nitrogens with zero attached hydrogens (tertiary/aromatic N) is 1. The molecule has 1 aromatic heterocycles. The number of hydrogen-bond donors (Lipinski definition) is 2. The Kier molecular flexibility index (Phi) is 4.04. The van der Waals surface area contributed by atoms with E-state index in [2.05, 4.69) is 10.3 Å². The van der Waals surface area contributed by atoms with Crippen molar-refractivity contribution < 1.29 is 14.6 Å². The number of pyridine rings is 1. The Morgan fingerprint density at radius 1 is 1.67 bits per heavy atom. The van der Waals surface area contributed by atoms with Gasteiger partial charge in [-0.25, -0.2) is 9.78 Å². The van der Waals surface area contributed by atoms with E-state index >= 15 is 0 Å². The van der Waals surface area contributed by atoms with Gasteiger partial charge in [0.1, 0.15) is 11.0 Å². The molecule has 2 heterocycles. The van der Waals surface area contributed by atoms with E-state index in [1.807, 2.05) is 6.92 Å². The van der Waals surface area contributed by atoms with Crippen LogP contribution in [0.2, 0.25) is 5.15 Å². The van der Waals surface area contributed by atoms with Crippen LogP contribution in [0.5, 0.6) is 0 Å². The van der Waals surface area contributed by atoms with Crippen molar-refractivity contribution in [3.8, 4) is 0 Å². The number of carboxylic acids is 1. The van der Waals surface area contributed by atoms with Gasteiger partial charge in [0.25, 0.3) is 0 Å². The summed E-state index contributed by atoms with van der Waals surface area (Å²) in [4.78, 5) is 15.0. The van der Waals surface area contributed by atoms with Crippen LogP contribution < -0.4 is 5.32 Å². The quantitative estimate of drug-likeness (QED) is 0.821. The van der Waals surface area contributed by atoms with Gasteiger partial charge in [-0.15, -0.1) is 0 Å². The molecule has 2 N–H and O–H groups in total. The van der Waals surface area contributed by atoms with Crippen molar-refractivity contribution in [1.29, 1.82) is 0 Å². The van der Waals surface area contributed by atoms with Crippen LogP contribution in [0, 0.1) is 5.92 Å². The third-order valence-corrected chi connectivity index (χ3v) is 3.28. The number of halogens is 1. The highest BCUT2D eigenvalue weighted by Gasteiger charge is 2.22. The lowest BCUT2D eigenvalue weighted by molar-refractivity contribution is 0.0697. The van der Waals surface area contributed by atoms with Gasteiger partial charge in [-0.1, -0.05) is 11.6 Å². The van der Waals surface area contributed by atoms with Crippen LogP contribution in [0.3, 0.4) is 0 Å². The molecule has 6 heteroatoms. The normalized spacial score (nSPS) is 20.7. The van der Waals surface area contributed by atoms with E-state index in [9.17, 15) is 4.79 Å². The first-order chi connectivity index (χ1) is 8.56. The Morgan fingerprint density at radius 3 is 3.06 bits per heavy atom. The van der Waals surface area contributed by atoms with Crippen molar-refractivity contribution in [2.45, 2.75) is 19.4 Å². The number of anilines is 1. The van der Waals surface area contributed by atoms with Crippen LogP contribution in [-0.4, -0.2) is 35.3 Å². The standard InChI is InChI=1S/C12H15ClN2O3/c1-7(8-2-3-18-6-8)14-11-5-9(12(16)17)4-10(13)15-11/h4-5,7-8H,2-3,6H2,1H3,(H,14,15)(H,16,17). The molecule has 1 fully saturated rings. The smallest absolute Gasteiger partial charge is 0.335 e. The molecular weight excluding hydrogens is 256 g/mol. The van der Waals surface area contributed by atoms with Crippen molar-refractivity contribution in [2.24, 2.45) is 5.92 Å². The highest BCUT2D eigenvalue weighted by atomic mass is 35.5. The zero-order valence-corrected chi connectivity index (χ0v) is 10.8. The molecule has 1 aromatic rings. The molecular formula is C12H15ClN2O3. The van der Waals surface area contributed by atoms with Crippen molar-refractivity contribution in [2.75, 3.05) is 18.5 Å². The van der Waals surface area contributed by atoms with Gasteiger partial charge >= 0.3 is 5.97 Å². The van der Waals surface area contributed by atoms with Crippen LogP contribution in [0.15, 0.2) is 12.1 Å². The average Bonchev–Trinajstić information content (AvgIpc) is 2.81. The van der Waals surface area contributed by atoms with Gasteiger partial charge in [-0.3, -0.25) is 0 Å². The second-order valence-corrected chi connectivity index (χ2v) is 4.81. The number of carbonyl (C=O) groups is 1. The monoisotopic (exact) mass is 270 g/mol. The maximum absolute atomic E-state index is 10.9. The van der Waals surface area contributed by atoms with Gasteiger partial charge in [0.05, 0.1) is 12.2 Å². The average molecular weight is 271 g/mol. The number of carboxylic acid groups (broad SMARTS) is 1. The zero-order valence-electron chi connectivity index (χ0n) is 10.0. The first-order valence-corrected chi connectivity index (χ1v) is 6.19. The number of aromatic nitrogens is 1. The second-order valence-electron chi connectivity index (χ2n) is 4.43. The van der Waals surface area contributed by atoms with E-state index in [-0.39, 0.29) is 16.8 Å². The molecule has 0 radical (unpaired) electrons. The summed E-state index contributed by atoms with van der Waals surface area (Å²) in [5.41, 5.74) is 0.132. The summed E-state index contributed by atoms with van der Waals surface area (Å²) in [6.07, 6.45) is 1.00. The lowest BCUT2D eigenvalue weighted by atomic mass is 10.0. The molecule has 5 nitrogen and oxygen atoms in total. The summed E-state index contributed by atoms with van der Waals surface area (Å²) in [6, 6.07) is 2.99. The molecule has 18 heavy (non-hydrogen) atoms. The molecule has 0 aromatic carbocycles. The first kappa shape index (κ1) is 13.1. The van der Waals surface area contributed by atoms with Crippen LogP contribution in [-0.2, 0) is 4.74 Å². The zero-order chi connectivity index (χ0) is 13.1. The van der Waals surface area contributed by atoms with Crippen molar-refractivity contribution >= 4 is 23.4 Å². The minimum Gasteiger partial charge on any atom is -0.478 e. The Hall–Kier alpha value is -1.33. The largest absolute Gasteiger partial charge is 0.478 e. The fourth-order valence-electron chi connectivity index (χ4n) is 1.99. The Balaban J connectivity index is 2.10. The number of ether oxygens (including phenoxy) is 1. The molecule has 1 aliphatic rings. The van der Waals surface area contributed by atoms with E-state index in [0.29, 0.717) is 11.7 Å². The fraction of sp³-hybridized carbons (Fsp3) is 0.500. The predicted octanol–water partition coefficient (Wildman–Crippen LogP) is 2.27. The lowest BCUT2D eigenvalue weighted by Crippen LogP contribution is -2.26. The lowest BCUT2D eigenvalue weighted by Gasteiger charge is -2.20. The molecule has 2 unspecified atom stereocenters. The van der Waals surface area contributed by atoms with Crippen LogP contribution >= 0.6 is 11.6 Å². The van der Waals surface area contributed by atoms with Gasteiger partial charge in [-0.05, 0) is 25.5 Å². The summed E-state index contributed by atoms with van der Waals surface area (Å²) in [6.45, 7) is 3.53. The highest BCUT2D eigenvalue weighted by molar-refractivity contribution is 6.29. The number of hydrogen-bond acceptors (Lipinski definition) is 4. The SMILES string of the molecule is CC(Nc1cc(C(=O)O)cc(Cl)n1)C1CCOC1. The fourth-order valence-corrected chi connectivity index (χ4v) is 2.20. The second kappa shape index (κ2) is 5.54. The van der Waals surface area contributed by atoms with Gasteiger partial charge in [0, 0.05) is 18.6 Å². The van der Waals surface area contributed by atoms with E-state index in [4.69, 9.17) is 21.4 Å². The third-order valence-electron chi connectivity index (χ3n) is 3.09. The van der Waals surface area contributed by atoms with E-state index in [1.165, 1.54) is 12.1 Å². The topological polar surface area (TPSA) is 71.5 Å². The molecule has 0 saturated carbocycles. The van der Waals surface area contributed by atoms with Crippen molar-refractivity contribution in [3.05, 3.63) is 22.8 Å². The van der Waals surface area contributed by atoms with E-state index in [0.717, 1.165) is 19.6 Å². The van der Waals surface area contributed by atoms with Gasteiger partial charge in [0.2, 0.25) is 0 Å². The summed E-state index contributed by atoms with van der Waals surface area (Å²) in [7, 11) is 0. The Bertz CT molecular complexity index is 447. The number of nitrogens with one attached hydrogen (secondary N) is 1. The molecule has 0 amide bonds. The molecule has 1 aliphatic heterocycles. The van der Waals surface area contributed by atoms with Gasteiger partial charge in [0.15, 0.2) is 0 Å². The van der Waals surface area contributed by atoms with Gasteiger partial charge < -0.3 is 15.2 Å². The molecule has 1 saturated heterocycles. The maximum Gasteiger partial charge on any atom is 0.335 e. The van der Waals surface area contributed by atoms with Crippen molar-refractivity contribution in [3.63, 3.8) is 0 Å². The Labute approximate surface area is 110 Å². The van der Waals surface area contributed by atoms with Crippen LogP contribution in [0.4, 0.5) is 5.82 Å². The van der Waals surface area contributed by atoms with Crippen LogP contribution in [0.1, 0.15) is 23.7 Å². The summed E-state index contributed by atoms with van der Waals surface area (Å²) >= 11 is 5.80. The number of aromatic carboxylic acids is 1. The van der Waals surface area contributed by atoms with Gasteiger partial charge in [-0.2, -0.15) is 0 Å². The molecule has 0 bridgehead atoms. The minimum atomic E-state index is -1.01. The molecule has 2 atom stereocenters. The number of rotatable bonds is 4. The summed E-state index contributed by atoms with van der Waals surface area (Å²) in [5.74, 6) is -0.113. The minimum absolute atomic E-state index is 0.132. The molecule has 2 rings (SSSR count). The Morgan fingerprint density at radius 2 is 2.44 bits per heavy atom. The van der Waals surface area contributed by atoms with Crippen LogP contribution in [0.25, 0.3) is 0 Å². The third kappa shape index (κ3) is 3.11.